The van der Waals surface area contributed by atoms with Crippen molar-refractivity contribution in [3.8, 4) is 44.5 Å². The van der Waals surface area contributed by atoms with Crippen LogP contribution in [0.4, 0.5) is 0 Å². The summed E-state index contributed by atoms with van der Waals surface area (Å²) in [5.74, 6) is -1.41. The maximum atomic E-state index is 10.2. The second-order valence-electron chi connectivity index (χ2n) is 13.0. The average Bonchev–Trinajstić information content (AvgIpc) is 4.11. The Morgan fingerprint density at radius 3 is 0.879 bits per heavy atom. The van der Waals surface area contributed by atoms with Crippen LogP contribution in [0.5, 0.6) is 0 Å². The van der Waals surface area contributed by atoms with Gasteiger partial charge in [0.1, 0.15) is 0 Å². The van der Waals surface area contributed by atoms with E-state index in [0.29, 0.717) is 0 Å². The number of nitrogens with zero attached hydrogens (tertiary/aromatic N) is 4. The maximum absolute atomic E-state index is 10.2. The second-order valence-corrected chi connectivity index (χ2v) is 13.0. The molecule has 9 rings (SSSR count). The third-order valence-corrected chi connectivity index (χ3v) is 9.50. The molecule has 7 aromatic rings. The molecule has 2 aliphatic rings. The molecule has 0 spiro atoms. The van der Waals surface area contributed by atoms with Crippen LogP contribution < -0.4 is 9.97 Å². The number of hydrogen-bond donors (Lipinski definition) is 0. The van der Waals surface area contributed by atoms with E-state index in [1.165, 1.54) is 14.2 Å². The molecule has 9 heteroatoms. The van der Waals surface area contributed by atoms with Gasteiger partial charge in [-0.15, -0.1) is 22.1 Å². The smallest absolute Gasteiger partial charge is 0.657 e. The molecular weight excluding hydrogens is 767 g/mol. The summed E-state index contributed by atoms with van der Waals surface area (Å²) in [6.07, 6.45) is 9.13. The van der Waals surface area contributed by atoms with E-state index in [1.807, 2.05) is 24.3 Å². The molecule has 0 atom stereocenters. The minimum atomic E-state index is -0.707. The van der Waals surface area contributed by atoms with Crippen molar-refractivity contribution >= 4 is 58.3 Å². The van der Waals surface area contributed by atoms with Crippen LogP contribution in [0.3, 0.4) is 0 Å². The number of ether oxygens (including phenoxy) is 2. The maximum Gasteiger partial charge on any atom is 3.00 e. The van der Waals surface area contributed by atoms with Gasteiger partial charge in [0.25, 0.3) is 0 Å². The van der Waals surface area contributed by atoms with Crippen LogP contribution in [0.15, 0.2) is 146 Å². The number of carbonyl (C=O) groups excluding carboxylic acids is 2. The molecule has 0 saturated heterocycles. The summed E-state index contributed by atoms with van der Waals surface area (Å²) in [5.41, 5.74) is 15.0. The predicted molar refractivity (Wildman–Crippen MR) is 227 cm³/mol. The van der Waals surface area contributed by atoms with Gasteiger partial charge in [-0.1, -0.05) is 146 Å². The second kappa shape index (κ2) is 17.7. The normalized spacial score (nSPS) is 11.1. The number of fused-ring (bicyclic) bond motifs is 8. The Bertz CT molecular complexity index is 2450. The molecule has 0 aliphatic carbocycles. The Kier molecular flexibility index (Phi) is 11.9. The van der Waals surface area contributed by atoms with Gasteiger partial charge in [0, 0.05) is 0 Å². The van der Waals surface area contributed by atoms with Crippen LogP contribution in [0.25, 0.3) is 90.9 Å². The Morgan fingerprint density at radius 2 is 0.655 bits per heavy atom. The topological polar surface area (TPSA) is 107 Å². The zero-order chi connectivity index (χ0) is 39.1. The Hall–Kier alpha value is -7.20. The van der Waals surface area contributed by atoms with E-state index in [1.54, 1.807) is 0 Å². The van der Waals surface area contributed by atoms with Gasteiger partial charge in [0.2, 0.25) is 0 Å². The molecule has 0 saturated carbocycles. The van der Waals surface area contributed by atoms with Crippen molar-refractivity contribution in [3.63, 3.8) is 0 Å². The number of hydrogen-bond acceptors (Lipinski definition) is 6. The number of carbonyl (C=O) groups is 2. The number of methoxy groups -OCH3 is 2. The molecular formula is C49H35CoN4O4. The van der Waals surface area contributed by atoms with Gasteiger partial charge >= 0.3 is 16.8 Å². The number of esters is 2. The van der Waals surface area contributed by atoms with Crippen LogP contribution in [-0.2, 0) is 35.8 Å². The molecule has 8 bridgehead atoms. The molecule has 3 aromatic heterocycles. The van der Waals surface area contributed by atoms with Crippen LogP contribution in [0, 0.1) is 6.42 Å². The molecule has 58 heavy (non-hydrogen) atoms. The average molecular weight is 803 g/mol. The fraction of sp³-hybridized carbons (Fsp3) is 0.0408. The van der Waals surface area contributed by atoms with Crippen molar-refractivity contribution < 1.29 is 35.8 Å². The van der Waals surface area contributed by atoms with Crippen molar-refractivity contribution in [1.29, 1.82) is 0 Å². The van der Waals surface area contributed by atoms with E-state index >= 15 is 0 Å². The van der Waals surface area contributed by atoms with Gasteiger partial charge in [-0.05, 0) is 68.8 Å². The largest absolute Gasteiger partial charge is 3.00 e. The van der Waals surface area contributed by atoms with E-state index in [-0.39, 0.29) is 16.8 Å². The SMILES string of the molecule is C1=Cc2nc1c(-c1ccccc1)c1ccc([n-]1)c(-c1ccccc1)c1nc(c(-c3ccccc3)c3ccc([n-]3)c2-c2ccccc2)C=C1.COC(=O)[CH-]C(=O)OC.[Co+3]. The third kappa shape index (κ3) is 8.17. The van der Waals surface area contributed by atoms with E-state index in [9.17, 15) is 9.59 Å². The van der Waals surface area contributed by atoms with Crippen molar-refractivity contribution in [2.75, 3.05) is 14.2 Å². The summed E-state index contributed by atoms with van der Waals surface area (Å²) >= 11 is 0. The minimum absolute atomic E-state index is 0. The molecule has 5 heterocycles. The number of benzene rings is 4. The first kappa shape index (κ1) is 39.0. The van der Waals surface area contributed by atoms with Crippen molar-refractivity contribution in [3.05, 3.63) is 175 Å². The van der Waals surface area contributed by atoms with Gasteiger partial charge in [-0.25, -0.2) is 9.97 Å². The summed E-state index contributed by atoms with van der Waals surface area (Å²) in [4.78, 5) is 41.6. The first-order chi connectivity index (χ1) is 28.0. The molecule has 0 unspecified atom stereocenters. The molecule has 4 aromatic carbocycles. The minimum Gasteiger partial charge on any atom is -0.657 e. The monoisotopic (exact) mass is 802 g/mol. The van der Waals surface area contributed by atoms with Crippen LogP contribution >= 0.6 is 0 Å². The van der Waals surface area contributed by atoms with Crippen LogP contribution in [0.2, 0.25) is 0 Å². The molecule has 0 fully saturated rings. The Morgan fingerprint density at radius 1 is 0.414 bits per heavy atom. The number of rotatable bonds is 6. The zero-order valence-electron chi connectivity index (χ0n) is 31.5. The van der Waals surface area contributed by atoms with E-state index in [2.05, 4.69) is 155 Å². The van der Waals surface area contributed by atoms with Gasteiger partial charge in [0.05, 0.1) is 37.0 Å². The zero-order valence-corrected chi connectivity index (χ0v) is 32.5. The van der Waals surface area contributed by atoms with E-state index in [0.717, 1.165) is 95.8 Å². The summed E-state index contributed by atoms with van der Waals surface area (Å²) < 4.78 is 8.25. The van der Waals surface area contributed by atoms with Crippen molar-refractivity contribution in [1.82, 2.24) is 19.9 Å². The Balaban J connectivity index is 0.000000461. The van der Waals surface area contributed by atoms with Gasteiger partial charge < -0.3 is 19.4 Å². The molecule has 2 aliphatic heterocycles. The van der Waals surface area contributed by atoms with Crippen LogP contribution in [0.1, 0.15) is 22.8 Å². The van der Waals surface area contributed by atoms with Crippen molar-refractivity contribution in [2.24, 2.45) is 0 Å². The molecule has 0 N–H and O–H groups in total. The first-order valence-corrected chi connectivity index (χ1v) is 18.3. The molecule has 0 radical (unpaired) electrons. The first-order valence-electron chi connectivity index (χ1n) is 18.3. The quantitative estimate of drug-likeness (QED) is 0.0930. The van der Waals surface area contributed by atoms with Gasteiger partial charge in [0.15, 0.2) is 11.9 Å². The molecule has 0 amide bonds. The fourth-order valence-corrected chi connectivity index (χ4v) is 6.90. The summed E-state index contributed by atoms with van der Waals surface area (Å²) in [7, 11) is 2.36. The molecule has 8 nitrogen and oxygen atoms in total. The Labute approximate surface area is 346 Å². The summed E-state index contributed by atoms with van der Waals surface area (Å²) in [6, 6.07) is 50.0. The number of aromatic nitrogens is 4. The fourth-order valence-electron chi connectivity index (χ4n) is 6.90. The summed E-state index contributed by atoms with van der Waals surface area (Å²) in [5, 5.41) is 0. The predicted octanol–water partition coefficient (Wildman–Crippen LogP) is 10.1. The van der Waals surface area contributed by atoms with Gasteiger partial charge in [-0.2, -0.15) is 6.42 Å². The molecule has 284 valence electrons. The van der Waals surface area contributed by atoms with Crippen LogP contribution in [-0.4, -0.2) is 36.1 Å². The van der Waals surface area contributed by atoms with E-state index < -0.39 is 11.9 Å². The standard InChI is InChI=1S/C44H28N4.C5H7O4.Co/c1-5-13-29(14-6-1)41-33-21-23-35(45-33)42(30-15-7-2-8-16-30)37-25-27-39(47-37)44(32-19-11-4-12-20-32)40-28-26-38(48-40)43(31-17-9-3-10-18-31)36-24-22-34(41)46-36;1-8-4(6)3-5(7)9-2;/h1-28H;3H,1-2H3;/q-2;-1;+3. The third-order valence-electron chi connectivity index (χ3n) is 9.50. The van der Waals surface area contributed by atoms with Crippen molar-refractivity contribution in [2.45, 2.75) is 0 Å². The summed E-state index contributed by atoms with van der Waals surface area (Å²) in [6.45, 7) is 0. The van der Waals surface area contributed by atoms with Gasteiger partial charge in [-0.3, -0.25) is 9.59 Å². The van der Waals surface area contributed by atoms with E-state index in [4.69, 9.17) is 19.9 Å².